The largest absolute Gasteiger partial charge is 0.433 e. The molecule has 0 aliphatic heterocycles. The fourth-order valence-corrected chi connectivity index (χ4v) is 3.16. The highest BCUT2D eigenvalue weighted by Gasteiger charge is 2.32. The number of alkyl halides is 3. The van der Waals surface area contributed by atoms with Crippen molar-refractivity contribution in [2.24, 2.45) is 0 Å². The summed E-state index contributed by atoms with van der Waals surface area (Å²) in [5.41, 5.74) is 1.34. The topological polar surface area (TPSA) is 81.9 Å². The van der Waals surface area contributed by atoms with Crippen molar-refractivity contribution < 1.29 is 18.0 Å². The summed E-state index contributed by atoms with van der Waals surface area (Å²) in [4.78, 5) is 30.3. The molecule has 0 saturated heterocycles. The fourth-order valence-electron chi connectivity index (χ4n) is 3.16. The van der Waals surface area contributed by atoms with Gasteiger partial charge in [-0.25, -0.2) is 9.97 Å². The van der Waals surface area contributed by atoms with Crippen LogP contribution in [0.1, 0.15) is 22.5 Å². The second-order valence-corrected chi connectivity index (χ2v) is 7.01. The van der Waals surface area contributed by atoms with E-state index in [-0.39, 0.29) is 18.8 Å². The molecular formula is C22H18F3N5O2. The van der Waals surface area contributed by atoms with Crippen LogP contribution in [0.2, 0.25) is 0 Å². The Balaban J connectivity index is 1.62. The zero-order chi connectivity index (χ0) is 22.7. The second kappa shape index (κ2) is 8.66. The maximum absolute atomic E-state index is 12.8. The molecule has 4 rings (SSSR count). The van der Waals surface area contributed by atoms with E-state index in [0.29, 0.717) is 22.3 Å². The van der Waals surface area contributed by atoms with Gasteiger partial charge in [0, 0.05) is 18.8 Å². The van der Waals surface area contributed by atoms with Crippen molar-refractivity contribution in [1.82, 2.24) is 19.7 Å². The average molecular weight is 441 g/mol. The van der Waals surface area contributed by atoms with Crippen molar-refractivity contribution in [2.45, 2.75) is 26.3 Å². The lowest BCUT2D eigenvalue weighted by Crippen LogP contribution is -2.28. The first-order valence-electron chi connectivity index (χ1n) is 9.63. The Kier molecular flexibility index (Phi) is 5.76. The molecule has 0 saturated carbocycles. The van der Waals surface area contributed by atoms with Crippen molar-refractivity contribution in [1.29, 1.82) is 0 Å². The van der Waals surface area contributed by atoms with E-state index in [2.05, 4.69) is 20.3 Å². The Hall–Kier alpha value is -3.95. The third-order valence-corrected chi connectivity index (χ3v) is 4.75. The minimum absolute atomic E-state index is 0.156. The first-order valence-corrected chi connectivity index (χ1v) is 9.63. The number of pyridine rings is 2. The minimum atomic E-state index is -4.50. The third-order valence-electron chi connectivity index (χ3n) is 4.75. The molecule has 7 nitrogen and oxygen atoms in total. The van der Waals surface area contributed by atoms with E-state index in [0.717, 1.165) is 22.6 Å². The Morgan fingerprint density at radius 1 is 1.03 bits per heavy atom. The molecule has 4 aromatic rings. The highest BCUT2D eigenvalue weighted by molar-refractivity contribution is 5.90. The van der Waals surface area contributed by atoms with Crippen LogP contribution in [-0.2, 0) is 19.3 Å². The average Bonchev–Trinajstić information content (AvgIpc) is 2.77. The van der Waals surface area contributed by atoms with E-state index in [4.69, 9.17) is 4.84 Å². The number of aryl methyl sites for hydroxylation is 1. The van der Waals surface area contributed by atoms with Crippen LogP contribution in [0, 0.1) is 6.92 Å². The van der Waals surface area contributed by atoms with E-state index >= 15 is 0 Å². The molecule has 32 heavy (non-hydrogen) atoms. The summed E-state index contributed by atoms with van der Waals surface area (Å²) < 4.78 is 39.2. The number of aromatic nitrogens is 4. The third kappa shape index (κ3) is 4.53. The molecule has 0 spiro atoms. The molecule has 0 bridgehead atoms. The van der Waals surface area contributed by atoms with Gasteiger partial charge in [-0.2, -0.15) is 13.2 Å². The van der Waals surface area contributed by atoms with Gasteiger partial charge < -0.3 is 10.2 Å². The number of nitrogens with zero attached hydrogens (tertiary/aromatic N) is 4. The van der Waals surface area contributed by atoms with E-state index in [9.17, 15) is 18.0 Å². The van der Waals surface area contributed by atoms with E-state index in [1.165, 1.54) is 18.5 Å². The Morgan fingerprint density at radius 3 is 2.50 bits per heavy atom. The summed E-state index contributed by atoms with van der Waals surface area (Å²) in [5, 5.41) is 3.64. The van der Waals surface area contributed by atoms with Gasteiger partial charge in [0.15, 0.2) is 5.65 Å². The molecule has 0 unspecified atom stereocenters. The summed E-state index contributed by atoms with van der Waals surface area (Å²) in [5.74, 6) is 0. The molecule has 0 aliphatic carbocycles. The smallest absolute Gasteiger partial charge is 0.404 e. The molecule has 0 radical (unpaired) electrons. The fraction of sp³-hybridized carbons (Fsp3) is 0.182. The van der Waals surface area contributed by atoms with Gasteiger partial charge in [-0.1, -0.05) is 36.4 Å². The van der Waals surface area contributed by atoms with Crippen molar-refractivity contribution >= 4 is 16.7 Å². The number of anilines is 1. The predicted molar refractivity (Wildman–Crippen MR) is 112 cm³/mol. The van der Waals surface area contributed by atoms with Gasteiger partial charge in [0.1, 0.15) is 18.6 Å². The van der Waals surface area contributed by atoms with E-state index in [1.54, 1.807) is 6.92 Å². The van der Waals surface area contributed by atoms with Gasteiger partial charge in [-0.3, -0.25) is 9.78 Å². The van der Waals surface area contributed by atoms with Crippen molar-refractivity contribution in [3.05, 3.63) is 93.9 Å². The number of hydrogen-bond acceptors (Lipinski definition) is 6. The van der Waals surface area contributed by atoms with Gasteiger partial charge in [-0.05, 0) is 24.1 Å². The first-order chi connectivity index (χ1) is 15.3. The molecule has 1 N–H and O–H groups in total. The standard InChI is InChI=1S/C22H18F3N5O2/c1-14-20-17(26-10-16-7-8-18(27-11-16)22(23,24)25)9-19(31)30(21(20)29-13-28-14)32-12-15-5-3-2-4-6-15/h2-9,11,13,26H,10,12H2,1H3. The van der Waals surface area contributed by atoms with Crippen LogP contribution >= 0.6 is 0 Å². The van der Waals surface area contributed by atoms with E-state index in [1.807, 2.05) is 30.3 Å². The normalized spacial score (nSPS) is 11.5. The Bertz CT molecular complexity index is 1290. The lowest BCUT2D eigenvalue weighted by molar-refractivity contribution is -0.141. The van der Waals surface area contributed by atoms with Crippen LogP contribution in [0.5, 0.6) is 0 Å². The molecule has 164 valence electrons. The lowest BCUT2D eigenvalue weighted by atomic mass is 10.2. The van der Waals surface area contributed by atoms with Crippen molar-refractivity contribution in [3.8, 4) is 0 Å². The van der Waals surface area contributed by atoms with Gasteiger partial charge in [0.2, 0.25) is 0 Å². The number of benzene rings is 1. The highest BCUT2D eigenvalue weighted by atomic mass is 19.4. The van der Waals surface area contributed by atoms with Gasteiger partial charge >= 0.3 is 6.18 Å². The van der Waals surface area contributed by atoms with Crippen LogP contribution in [0.4, 0.5) is 18.9 Å². The van der Waals surface area contributed by atoms with Crippen LogP contribution in [0.3, 0.4) is 0 Å². The lowest BCUT2D eigenvalue weighted by Gasteiger charge is -2.15. The van der Waals surface area contributed by atoms with Crippen LogP contribution in [0.15, 0.2) is 65.8 Å². The maximum atomic E-state index is 12.8. The molecule has 0 amide bonds. The first kappa shape index (κ1) is 21.3. The molecule has 3 heterocycles. The number of halogens is 3. The van der Waals surface area contributed by atoms with Gasteiger partial charge in [0.05, 0.1) is 16.8 Å². The van der Waals surface area contributed by atoms with Crippen molar-refractivity contribution in [3.63, 3.8) is 0 Å². The molecule has 0 atom stereocenters. The minimum Gasteiger partial charge on any atom is -0.404 e. The molecule has 3 aromatic heterocycles. The Labute approximate surface area is 180 Å². The van der Waals surface area contributed by atoms with E-state index < -0.39 is 17.4 Å². The molecule has 0 aliphatic rings. The van der Waals surface area contributed by atoms with Crippen molar-refractivity contribution in [2.75, 3.05) is 5.32 Å². The number of fused-ring (bicyclic) bond motifs is 1. The monoisotopic (exact) mass is 441 g/mol. The van der Waals surface area contributed by atoms with Crippen LogP contribution in [-0.4, -0.2) is 19.7 Å². The quantitative estimate of drug-likeness (QED) is 0.491. The van der Waals surface area contributed by atoms with Gasteiger partial charge in [-0.15, -0.1) is 4.73 Å². The zero-order valence-electron chi connectivity index (χ0n) is 16.9. The molecular weight excluding hydrogens is 423 g/mol. The summed E-state index contributed by atoms with van der Waals surface area (Å²) >= 11 is 0. The molecule has 1 aromatic carbocycles. The van der Waals surface area contributed by atoms with Gasteiger partial charge in [0.25, 0.3) is 5.56 Å². The number of hydrogen-bond donors (Lipinski definition) is 1. The Morgan fingerprint density at radius 2 is 1.81 bits per heavy atom. The van der Waals surface area contributed by atoms with Crippen LogP contribution in [0.25, 0.3) is 11.0 Å². The van der Waals surface area contributed by atoms with Crippen LogP contribution < -0.4 is 15.7 Å². The summed E-state index contributed by atoms with van der Waals surface area (Å²) in [7, 11) is 0. The summed E-state index contributed by atoms with van der Waals surface area (Å²) in [6.07, 6.45) is -2.02. The summed E-state index contributed by atoms with van der Waals surface area (Å²) in [6, 6.07) is 13.0. The highest BCUT2D eigenvalue weighted by Crippen LogP contribution is 2.27. The zero-order valence-corrected chi connectivity index (χ0v) is 16.9. The predicted octanol–water partition coefficient (Wildman–Crippen LogP) is 3.75. The number of rotatable bonds is 6. The summed E-state index contributed by atoms with van der Waals surface area (Å²) in [6.45, 7) is 2.09. The molecule has 0 fully saturated rings. The molecule has 10 heteroatoms. The number of nitrogens with one attached hydrogen (secondary N) is 1. The SMILES string of the molecule is Cc1ncnc2c1c(NCc1ccc(C(F)(F)F)nc1)cc(=O)n2OCc1ccccc1. The second-order valence-electron chi connectivity index (χ2n) is 7.01. The maximum Gasteiger partial charge on any atom is 0.433 e.